The van der Waals surface area contributed by atoms with Gasteiger partial charge in [-0.05, 0) is 47.9 Å². The van der Waals surface area contributed by atoms with Crippen molar-refractivity contribution in [2.24, 2.45) is 0 Å². The molecule has 0 aliphatic heterocycles. The molecule has 0 N–H and O–H groups in total. The summed E-state index contributed by atoms with van der Waals surface area (Å²) in [7, 11) is 0. The first kappa shape index (κ1) is 21.8. The third-order valence-corrected chi connectivity index (χ3v) is 4.08. The molecule has 2 aromatic rings. The van der Waals surface area contributed by atoms with Gasteiger partial charge in [0.1, 0.15) is 11.6 Å². The molecule has 9 heteroatoms. The molecule has 2 rings (SSSR count). The number of benzene rings is 2. The predicted molar refractivity (Wildman–Crippen MR) is 84.4 cm³/mol. The van der Waals surface area contributed by atoms with E-state index in [4.69, 9.17) is 0 Å². The standard InChI is InChI=1S/C19H13F9/c1-2-3-14(10-4-5-16(21)15(8-10)19(26,27)28)11-6-12(9-13(20)7-11)18(24,25)17(22)23/h2,4-9,14,17H,1,3H2/t14-/m1/s1. The maximum Gasteiger partial charge on any atom is 0.419 e. The van der Waals surface area contributed by atoms with Crippen molar-refractivity contribution in [3.63, 3.8) is 0 Å². The van der Waals surface area contributed by atoms with Gasteiger partial charge in [0.2, 0.25) is 0 Å². The fraction of sp³-hybridized carbons (Fsp3) is 0.263. The van der Waals surface area contributed by atoms with E-state index < -0.39 is 47.2 Å². The first-order valence-corrected chi connectivity index (χ1v) is 7.82. The summed E-state index contributed by atoms with van der Waals surface area (Å²) in [5, 5.41) is 0. The predicted octanol–water partition coefficient (Wildman–Crippen LogP) is 7.05. The SMILES string of the molecule is C=CC[C@@H](c1cc(F)cc(C(F)(F)C(F)F)c1)c1ccc(F)c(C(F)(F)F)c1. The van der Waals surface area contributed by atoms with Gasteiger partial charge in [0.15, 0.2) is 0 Å². The second-order valence-corrected chi connectivity index (χ2v) is 6.01. The highest BCUT2D eigenvalue weighted by Crippen LogP contribution is 2.39. The van der Waals surface area contributed by atoms with Gasteiger partial charge in [-0.1, -0.05) is 12.1 Å². The van der Waals surface area contributed by atoms with Gasteiger partial charge in [-0.3, -0.25) is 0 Å². The lowest BCUT2D eigenvalue weighted by atomic mass is 9.86. The molecule has 0 saturated heterocycles. The Hall–Kier alpha value is -2.45. The van der Waals surface area contributed by atoms with E-state index in [0.29, 0.717) is 18.2 Å². The number of allylic oxidation sites excluding steroid dienone is 1. The van der Waals surface area contributed by atoms with E-state index in [1.165, 1.54) is 6.08 Å². The van der Waals surface area contributed by atoms with Crippen LogP contribution in [0.4, 0.5) is 39.5 Å². The summed E-state index contributed by atoms with van der Waals surface area (Å²) >= 11 is 0. The van der Waals surface area contributed by atoms with Crippen LogP contribution in [0.2, 0.25) is 0 Å². The fourth-order valence-corrected chi connectivity index (χ4v) is 2.74. The Morgan fingerprint density at radius 3 is 2.07 bits per heavy atom. The highest BCUT2D eigenvalue weighted by Gasteiger charge is 2.43. The van der Waals surface area contributed by atoms with Crippen LogP contribution >= 0.6 is 0 Å². The van der Waals surface area contributed by atoms with Crippen LogP contribution in [0, 0.1) is 11.6 Å². The van der Waals surface area contributed by atoms with E-state index in [0.717, 1.165) is 12.1 Å². The maximum atomic E-state index is 13.8. The molecule has 0 amide bonds. The van der Waals surface area contributed by atoms with Crippen LogP contribution in [-0.4, -0.2) is 6.43 Å². The summed E-state index contributed by atoms with van der Waals surface area (Å²) in [6, 6.07) is 3.57. The zero-order valence-corrected chi connectivity index (χ0v) is 14.0. The fourth-order valence-electron chi connectivity index (χ4n) is 2.74. The molecule has 0 bridgehead atoms. The van der Waals surface area contributed by atoms with Crippen LogP contribution in [0.15, 0.2) is 49.1 Å². The molecule has 28 heavy (non-hydrogen) atoms. The van der Waals surface area contributed by atoms with Crippen LogP contribution in [0.25, 0.3) is 0 Å². The Labute approximate surface area is 154 Å². The van der Waals surface area contributed by atoms with Crippen molar-refractivity contribution in [2.45, 2.75) is 30.9 Å². The van der Waals surface area contributed by atoms with E-state index in [-0.39, 0.29) is 23.6 Å². The average molecular weight is 412 g/mol. The van der Waals surface area contributed by atoms with Crippen molar-refractivity contribution in [1.82, 2.24) is 0 Å². The van der Waals surface area contributed by atoms with Gasteiger partial charge < -0.3 is 0 Å². The Balaban J connectivity index is 2.62. The monoisotopic (exact) mass is 412 g/mol. The minimum atomic E-state index is -5.02. The Morgan fingerprint density at radius 1 is 0.893 bits per heavy atom. The summed E-state index contributed by atoms with van der Waals surface area (Å²) in [5.74, 6) is -8.60. The second kappa shape index (κ2) is 7.89. The lowest BCUT2D eigenvalue weighted by molar-refractivity contribution is -0.140. The summed E-state index contributed by atoms with van der Waals surface area (Å²) in [4.78, 5) is 0. The molecule has 0 fully saturated rings. The Kier molecular flexibility index (Phi) is 6.15. The van der Waals surface area contributed by atoms with Crippen LogP contribution in [0.1, 0.15) is 34.6 Å². The van der Waals surface area contributed by atoms with Crippen molar-refractivity contribution in [1.29, 1.82) is 0 Å². The highest BCUT2D eigenvalue weighted by molar-refractivity contribution is 5.40. The topological polar surface area (TPSA) is 0 Å². The van der Waals surface area contributed by atoms with Gasteiger partial charge in [-0.25, -0.2) is 17.6 Å². The number of hydrogen-bond donors (Lipinski definition) is 0. The van der Waals surface area contributed by atoms with Gasteiger partial charge in [0.25, 0.3) is 0 Å². The summed E-state index contributed by atoms with van der Waals surface area (Å²) in [5.41, 5.74) is -3.33. The normalized spacial score (nSPS) is 13.6. The molecule has 0 aromatic heterocycles. The third-order valence-electron chi connectivity index (χ3n) is 4.08. The lowest BCUT2D eigenvalue weighted by Gasteiger charge is -2.21. The largest absolute Gasteiger partial charge is 0.419 e. The van der Waals surface area contributed by atoms with E-state index in [1.807, 2.05) is 0 Å². The van der Waals surface area contributed by atoms with E-state index in [1.54, 1.807) is 0 Å². The molecular formula is C19H13F9. The molecule has 152 valence electrons. The van der Waals surface area contributed by atoms with E-state index >= 15 is 0 Å². The molecule has 1 atom stereocenters. The van der Waals surface area contributed by atoms with Crippen molar-refractivity contribution in [2.75, 3.05) is 0 Å². The molecule has 0 nitrogen and oxygen atoms in total. The zero-order chi connectivity index (χ0) is 21.3. The highest BCUT2D eigenvalue weighted by atomic mass is 19.4. The van der Waals surface area contributed by atoms with Gasteiger partial charge >= 0.3 is 18.5 Å². The van der Waals surface area contributed by atoms with Gasteiger partial charge in [-0.15, -0.1) is 6.58 Å². The maximum absolute atomic E-state index is 13.8. The van der Waals surface area contributed by atoms with Crippen molar-refractivity contribution >= 4 is 0 Å². The number of alkyl halides is 7. The summed E-state index contributed by atoms with van der Waals surface area (Å²) in [6.45, 7) is 3.40. The van der Waals surface area contributed by atoms with Crippen molar-refractivity contribution in [3.8, 4) is 0 Å². The average Bonchev–Trinajstić information content (AvgIpc) is 2.58. The lowest BCUT2D eigenvalue weighted by Crippen LogP contribution is -2.24. The number of halogens is 9. The van der Waals surface area contributed by atoms with Crippen LogP contribution < -0.4 is 0 Å². The quantitative estimate of drug-likeness (QED) is 0.352. The van der Waals surface area contributed by atoms with Gasteiger partial charge in [0, 0.05) is 11.5 Å². The minimum absolute atomic E-state index is 0.133. The number of rotatable bonds is 6. The molecular weight excluding hydrogens is 399 g/mol. The van der Waals surface area contributed by atoms with Crippen LogP contribution in [-0.2, 0) is 12.1 Å². The smallest absolute Gasteiger partial charge is 0.207 e. The molecule has 0 saturated carbocycles. The molecule has 0 radical (unpaired) electrons. The molecule has 0 aliphatic rings. The van der Waals surface area contributed by atoms with Gasteiger partial charge in [-0.2, -0.15) is 22.0 Å². The Bertz CT molecular complexity index is 853. The summed E-state index contributed by atoms with van der Waals surface area (Å²) < 4.78 is 119. The first-order valence-electron chi connectivity index (χ1n) is 7.82. The third kappa shape index (κ3) is 4.51. The number of hydrogen-bond acceptors (Lipinski definition) is 0. The molecule has 0 aliphatic carbocycles. The zero-order valence-electron chi connectivity index (χ0n) is 14.0. The van der Waals surface area contributed by atoms with Crippen molar-refractivity contribution in [3.05, 3.63) is 82.9 Å². The molecule has 0 spiro atoms. The molecule has 0 unspecified atom stereocenters. The minimum Gasteiger partial charge on any atom is -0.207 e. The van der Waals surface area contributed by atoms with Crippen molar-refractivity contribution < 1.29 is 39.5 Å². The molecule has 0 heterocycles. The van der Waals surface area contributed by atoms with Crippen LogP contribution in [0.5, 0.6) is 0 Å². The second-order valence-electron chi connectivity index (χ2n) is 6.01. The molecule has 2 aromatic carbocycles. The van der Waals surface area contributed by atoms with E-state index in [2.05, 4.69) is 6.58 Å². The summed E-state index contributed by atoms with van der Waals surface area (Å²) in [6.07, 6.45) is -8.03. The van der Waals surface area contributed by atoms with Gasteiger partial charge in [0.05, 0.1) is 5.56 Å². The Morgan fingerprint density at radius 2 is 1.54 bits per heavy atom. The first-order chi connectivity index (χ1) is 12.9. The van der Waals surface area contributed by atoms with Crippen LogP contribution in [0.3, 0.4) is 0 Å². The van der Waals surface area contributed by atoms with E-state index in [9.17, 15) is 39.5 Å².